The topological polar surface area (TPSA) is 0 Å². The van der Waals surface area contributed by atoms with Crippen LogP contribution in [0.25, 0.3) is 43.1 Å². The third kappa shape index (κ3) is 8.58. The van der Waals surface area contributed by atoms with Gasteiger partial charge in [0.05, 0.1) is 9.75 Å². The minimum absolute atomic E-state index is 0.0356. The average molecular weight is 839 g/mol. The van der Waals surface area contributed by atoms with Crippen molar-refractivity contribution >= 4 is 65.8 Å². The van der Waals surface area contributed by atoms with Crippen LogP contribution in [-0.2, 0) is 21.7 Å². The molecule has 0 saturated heterocycles. The van der Waals surface area contributed by atoms with Gasteiger partial charge in [-0.15, -0.1) is 22.7 Å². The van der Waals surface area contributed by atoms with Gasteiger partial charge in [0, 0.05) is 22.3 Å². The van der Waals surface area contributed by atoms with Crippen molar-refractivity contribution in [1.82, 2.24) is 0 Å². The maximum Gasteiger partial charge on any atom is 0.0772 e. The van der Waals surface area contributed by atoms with Crippen LogP contribution in [0.3, 0.4) is 0 Å². The molecule has 0 nitrogen and oxygen atoms in total. The minimum Gasteiger partial charge on any atom is -0.135 e. The Hall–Kier alpha value is -6.00. The lowest BCUT2D eigenvalue weighted by Crippen LogP contribution is -2.11. The summed E-state index contributed by atoms with van der Waals surface area (Å²) in [6.07, 6.45) is 0. The lowest BCUT2D eigenvalue weighted by atomic mass is 9.81. The summed E-state index contributed by atoms with van der Waals surface area (Å²) >= 11 is 3.34. The molecule has 2 aromatic heterocycles. The predicted octanol–water partition coefficient (Wildman–Crippen LogP) is 15.8. The van der Waals surface area contributed by atoms with Gasteiger partial charge >= 0.3 is 0 Å². The molecule has 2 heteroatoms. The number of benzene rings is 6. The Labute approximate surface area is 377 Å². The second-order valence-corrected chi connectivity index (χ2v) is 22.4. The quantitative estimate of drug-likeness (QED) is 0.105. The lowest BCUT2D eigenvalue weighted by molar-refractivity contribution is 0.590. The van der Waals surface area contributed by atoms with Crippen LogP contribution in [0.5, 0.6) is 0 Å². The molecule has 0 saturated carbocycles. The number of hydrogen-bond acceptors (Lipinski definition) is 2. The Morgan fingerprint density at radius 2 is 0.581 bits per heavy atom. The fourth-order valence-corrected chi connectivity index (χ4v) is 9.14. The molecular formula is C60H54S2. The van der Waals surface area contributed by atoms with Crippen molar-refractivity contribution in [3.63, 3.8) is 0 Å². The molecule has 62 heavy (non-hydrogen) atoms. The normalized spacial score (nSPS) is 12.0. The summed E-state index contributed by atoms with van der Waals surface area (Å²) < 4.78 is 0. The lowest BCUT2D eigenvalue weighted by Gasteiger charge is -2.22. The van der Waals surface area contributed by atoms with Crippen LogP contribution >= 0.6 is 22.7 Å². The Balaban J connectivity index is 1.41. The van der Waals surface area contributed by atoms with E-state index in [0.29, 0.717) is 0 Å². The maximum atomic E-state index is 3.65. The van der Waals surface area contributed by atoms with Crippen molar-refractivity contribution in [2.45, 2.75) is 105 Å². The van der Waals surface area contributed by atoms with Crippen LogP contribution < -0.4 is 0 Å². The highest BCUT2D eigenvalue weighted by molar-refractivity contribution is 7.10. The van der Waals surface area contributed by atoms with Crippen LogP contribution in [0.15, 0.2) is 108 Å². The SMILES string of the molecule is CC(C)(C)c1ccc2c(C#Cc3cccs3)c3cc(C(C)(C)C)ccc3c(C#CC#Cc3c4ccc(C(C)(C)C)cc4c(C#Cc4cccs4)c4ccc(C(C)(C)C)cc34)c2c1. The fourth-order valence-electron chi connectivity index (χ4n) is 8.00. The van der Waals surface area contributed by atoms with Gasteiger partial charge in [-0.2, -0.15) is 0 Å². The summed E-state index contributed by atoms with van der Waals surface area (Å²) in [5.41, 5.74) is 8.91. The molecule has 306 valence electrons. The second-order valence-electron chi connectivity index (χ2n) is 20.5. The summed E-state index contributed by atoms with van der Waals surface area (Å²) in [6.45, 7) is 27.2. The van der Waals surface area contributed by atoms with E-state index in [9.17, 15) is 0 Å². The molecular weight excluding hydrogens is 785 g/mol. The number of fused-ring (bicyclic) bond motifs is 4. The molecule has 0 aliphatic heterocycles. The first-order chi connectivity index (χ1) is 29.3. The summed E-state index contributed by atoms with van der Waals surface area (Å²) in [6, 6.07) is 35.7. The molecule has 8 aromatic rings. The molecule has 0 bridgehead atoms. The van der Waals surface area contributed by atoms with Crippen molar-refractivity contribution in [3.8, 4) is 47.4 Å². The van der Waals surface area contributed by atoms with Gasteiger partial charge in [0.15, 0.2) is 0 Å². The van der Waals surface area contributed by atoms with E-state index in [-0.39, 0.29) is 21.7 Å². The van der Waals surface area contributed by atoms with Crippen molar-refractivity contribution in [2.75, 3.05) is 0 Å². The zero-order valence-corrected chi connectivity index (χ0v) is 39.8. The van der Waals surface area contributed by atoms with E-state index < -0.39 is 0 Å². The van der Waals surface area contributed by atoms with E-state index in [1.807, 2.05) is 0 Å². The Bertz CT molecular complexity index is 3080. The molecule has 0 fully saturated rings. The average Bonchev–Trinajstić information content (AvgIpc) is 3.94. The standard InChI is InChI=1S/C60H54S2/c1-57(2,3)39-23-29-49-51(31-25-43-17-15-33-61-43)55-37-41(59(7,8)9)21-27-47(55)45(53(49)35-39)19-13-14-20-46-48-28-22-42(60(10,11)12)38-56(48)52(32-26-44-18-16-34-62-44)50-30-24-40(36-54(46)50)58(4,5)6/h15-18,21-24,27-30,33-38H,1-12H3. The number of thiophene rings is 2. The third-order valence-corrected chi connectivity index (χ3v) is 13.4. The number of rotatable bonds is 0. The van der Waals surface area contributed by atoms with Crippen molar-refractivity contribution in [3.05, 3.63) is 162 Å². The van der Waals surface area contributed by atoms with Crippen molar-refractivity contribution in [2.24, 2.45) is 0 Å². The molecule has 0 atom stereocenters. The van der Waals surface area contributed by atoms with Gasteiger partial charge in [0.25, 0.3) is 0 Å². The van der Waals surface area contributed by atoms with Crippen LogP contribution in [-0.4, -0.2) is 0 Å². The Kier molecular flexibility index (Phi) is 11.0. The summed E-state index contributed by atoms with van der Waals surface area (Å²) in [5, 5.41) is 13.0. The van der Waals surface area contributed by atoms with Crippen molar-refractivity contribution < 1.29 is 0 Å². The largest absolute Gasteiger partial charge is 0.135 e. The van der Waals surface area contributed by atoms with Gasteiger partial charge in [-0.05, 0) is 146 Å². The summed E-state index contributed by atoms with van der Waals surface area (Å²) in [7, 11) is 0. The zero-order valence-electron chi connectivity index (χ0n) is 38.2. The molecule has 6 aromatic carbocycles. The molecule has 0 amide bonds. The van der Waals surface area contributed by atoms with E-state index in [1.165, 1.54) is 22.3 Å². The first-order valence-electron chi connectivity index (χ1n) is 21.5. The van der Waals surface area contributed by atoms with E-state index in [0.717, 1.165) is 75.1 Å². The Morgan fingerprint density at radius 3 is 0.823 bits per heavy atom. The molecule has 2 heterocycles. The smallest absolute Gasteiger partial charge is 0.0772 e. The number of hydrogen-bond donors (Lipinski definition) is 0. The molecule has 0 aliphatic carbocycles. The van der Waals surface area contributed by atoms with E-state index >= 15 is 0 Å². The maximum absolute atomic E-state index is 3.65. The first-order valence-corrected chi connectivity index (χ1v) is 23.3. The molecule has 0 aliphatic rings. The Morgan fingerprint density at radius 1 is 0.306 bits per heavy atom. The molecule has 0 spiro atoms. The summed E-state index contributed by atoms with van der Waals surface area (Å²) in [4.78, 5) is 2.10. The van der Waals surface area contributed by atoms with Crippen LogP contribution in [0.4, 0.5) is 0 Å². The molecule has 0 radical (unpaired) electrons. The van der Waals surface area contributed by atoms with Gasteiger partial charge in [-0.25, -0.2) is 0 Å². The van der Waals surface area contributed by atoms with Gasteiger partial charge in [0.1, 0.15) is 0 Å². The van der Waals surface area contributed by atoms with E-state index in [4.69, 9.17) is 0 Å². The van der Waals surface area contributed by atoms with E-state index in [1.54, 1.807) is 22.7 Å². The first kappa shape index (κ1) is 42.7. The van der Waals surface area contributed by atoms with Gasteiger partial charge < -0.3 is 0 Å². The van der Waals surface area contributed by atoms with Gasteiger partial charge in [-0.3, -0.25) is 0 Å². The minimum atomic E-state index is -0.0479. The van der Waals surface area contributed by atoms with Gasteiger partial charge in [0.2, 0.25) is 0 Å². The van der Waals surface area contributed by atoms with Gasteiger partial charge in [-0.1, -0.05) is 179 Å². The zero-order chi connectivity index (χ0) is 44.2. The fraction of sp³-hybridized carbons (Fsp3) is 0.267. The summed E-state index contributed by atoms with van der Waals surface area (Å²) in [5.74, 6) is 28.4. The highest BCUT2D eigenvalue weighted by Gasteiger charge is 2.22. The highest BCUT2D eigenvalue weighted by atomic mass is 32.1. The monoisotopic (exact) mass is 838 g/mol. The van der Waals surface area contributed by atoms with Crippen LogP contribution in [0.1, 0.15) is 137 Å². The van der Waals surface area contributed by atoms with Crippen LogP contribution in [0.2, 0.25) is 0 Å². The van der Waals surface area contributed by atoms with E-state index in [2.05, 4.69) is 238 Å². The predicted molar refractivity (Wildman–Crippen MR) is 272 cm³/mol. The second kappa shape index (κ2) is 16.0. The molecule has 0 unspecified atom stereocenters. The molecule has 8 rings (SSSR count). The van der Waals surface area contributed by atoms with Crippen molar-refractivity contribution in [1.29, 1.82) is 0 Å². The third-order valence-electron chi connectivity index (χ3n) is 11.8. The molecule has 0 N–H and O–H groups in total. The van der Waals surface area contributed by atoms with Crippen LogP contribution in [0, 0.1) is 47.4 Å². The highest BCUT2D eigenvalue weighted by Crippen LogP contribution is 2.39.